The lowest BCUT2D eigenvalue weighted by atomic mass is 10.0. The summed E-state index contributed by atoms with van der Waals surface area (Å²) in [7, 11) is 0. The topological polar surface area (TPSA) is 67.6 Å². The van der Waals surface area contributed by atoms with Crippen molar-refractivity contribution in [1.82, 2.24) is 10.2 Å². The number of amides is 1. The number of carbonyl (C=O) groups excluding carboxylic acids is 1. The quantitative estimate of drug-likeness (QED) is 0.767. The molecule has 7 heteroatoms. The van der Waals surface area contributed by atoms with Gasteiger partial charge in [0.25, 0.3) is 0 Å². The van der Waals surface area contributed by atoms with Crippen LogP contribution in [0.3, 0.4) is 0 Å². The molecule has 1 heterocycles. The first-order valence-corrected chi connectivity index (χ1v) is 8.60. The van der Waals surface area contributed by atoms with Crippen molar-refractivity contribution in [2.45, 2.75) is 31.8 Å². The number of nitrogens with one attached hydrogen (secondary N) is 1. The summed E-state index contributed by atoms with van der Waals surface area (Å²) in [5.74, 6) is -0.0906. The molecule has 0 saturated carbocycles. The highest BCUT2D eigenvalue weighted by atomic mass is 35.5. The van der Waals surface area contributed by atoms with Crippen molar-refractivity contribution in [2.75, 3.05) is 32.8 Å². The van der Waals surface area contributed by atoms with E-state index in [1.165, 1.54) is 0 Å². The first kappa shape index (κ1) is 21.2. The Labute approximate surface area is 155 Å². The molecule has 2 unspecified atom stereocenters. The Hall–Kier alpha value is -0.850. The third-order valence-electron chi connectivity index (χ3n) is 4.13. The van der Waals surface area contributed by atoms with Crippen LogP contribution in [0.15, 0.2) is 24.3 Å². The third-order valence-corrected chi connectivity index (χ3v) is 4.36. The maximum Gasteiger partial charge on any atom is 0.236 e. The van der Waals surface area contributed by atoms with E-state index in [2.05, 4.69) is 10.2 Å². The molecule has 5 nitrogen and oxygen atoms in total. The molecule has 0 aromatic heterocycles. The van der Waals surface area contributed by atoms with E-state index in [0.717, 1.165) is 25.1 Å². The van der Waals surface area contributed by atoms with Crippen LogP contribution in [0, 0.1) is 0 Å². The molecule has 0 aliphatic carbocycles. The van der Waals surface area contributed by atoms with Crippen LogP contribution in [-0.4, -0.2) is 49.7 Å². The normalized spacial score (nSPS) is 17.6. The lowest BCUT2D eigenvalue weighted by Crippen LogP contribution is -2.47. The van der Waals surface area contributed by atoms with Crippen molar-refractivity contribution >= 4 is 29.9 Å². The molecule has 1 aromatic rings. The summed E-state index contributed by atoms with van der Waals surface area (Å²) in [6.07, 6.45) is 1.60. The number of ether oxygens (including phenoxy) is 1. The molecule has 1 aliphatic rings. The molecule has 1 aromatic carbocycles. The average molecular weight is 376 g/mol. The van der Waals surface area contributed by atoms with Gasteiger partial charge in [0.1, 0.15) is 0 Å². The molecular formula is C17H27Cl2N3O2. The predicted octanol–water partition coefficient (Wildman–Crippen LogP) is 2.38. The van der Waals surface area contributed by atoms with Crippen molar-refractivity contribution in [1.29, 1.82) is 0 Å². The van der Waals surface area contributed by atoms with Gasteiger partial charge in [0.15, 0.2) is 0 Å². The molecular weight excluding hydrogens is 349 g/mol. The van der Waals surface area contributed by atoms with E-state index in [0.29, 0.717) is 31.2 Å². The summed E-state index contributed by atoms with van der Waals surface area (Å²) >= 11 is 6.13. The minimum Gasteiger partial charge on any atom is -0.379 e. The fraction of sp³-hybridized carbons (Fsp3) is 0.588. The van der Waals surface area contributed by atoms with Crippen LogP contribution in [0.25, 0.3) is 0 Å². The summed E-state index contributed by atoms with van der Waals surface area (Å²) in [6, 6.07) is 7.44. The molecule has 0 bridgehead atoms. The van der Waals surface area contributed by atoms with Gasteiger partial charge in [-0.25, -0.2) is 0 Å². The summed E-state index contributed by atoms with van der Waals surface area (Å²) in [4.78, 5) is 14.4. The van der Waals surface area contributed by atoms with Gasteiger partial charge in [-0.15, -0.1) is 12.4 Å². The second-order valence-electron chi connectivity index (χ2n) is 5.86. The Bertz CT molecular complexity index is 510. The molecule has 3 N–H and O–H groups in total. The van der Waals surface area contributed by atoms with Gasteiger partial charge in [0, 0.05) is 24.7 Å². The largest absolute Gasteiger partial charge is 0.379 e. The zero-order valence-corrected chi connectivity index (χ0v) is 15.6. The highest BCUT2D eigenvalue weighted by Gasteiger charge is 2.24. The average Bonchev–Trinajstić information content (AvgIpc) is 2.56. The lowest BCUT2D eigenvalue weighted by molar-refractivity contribution is -0.122. The third kappa shape index (κ3) is 6.22. The Morgan fingerprint density at radius 3 is 2.75 bits per heavy atom. The highest BCUT2D eigenvalue weighted by Crippen LogP contribution is 2.24. The smallest absolute Gasteiger partial charge is 0.236 e. The van der Waals surface area contributed by atoms with Gasteiger partial charge in [0.2, 0.25) is 5.91 Å². The second kappa shape index (κ2) is 10.9. The van der Waals surface area contributed by atoms with E-state index in [4.69, 9.17) is 22.1 Å². The molecule has 0 radical (unpaired) electrons. The molecule has 1 amide bonds. The number of halogens is 2. The minimum atomic E-state index is -0.440. The fourth-order valence-electron chi connectivity index (χ4n) is 2.83. The monoisotopic (exact) mass is 375 g/mol. The van der Waals surface area contributed by atoms with Gasteiger partial charge >= 0.3 is 0 Å². The van der Waals surface area contributed by atoms with Crippen molar-refractivity contribution in [3.05, 3.63) is 34.9 Å². The molecule has 0 spiro atoms. The van der Waals surface area contributed by atoms with Gasteiger partial charge in [-0.05, 0) is 24.1 Å². The van der Waals surface area contributed by atoms with Crippen molar-refractivity contribution < 1.29 is 9.53 Å². The van der Waals surface area contributed by atoms with Gasteiger partial charge in [-0.1, -0.05) is 37.1 Å². The number of hydrogen-bond donors (Lipinski definition) is 2. The molecule has 24 heavy (non-hydrogen) atoms. The number of nitrogens with zero attached hydrogens (tertiary/aromatic N) is 1. The Balaban J connectivity index is 0.00000288. The number of morpholine rings is 1. The summed E-state index contributed by atoms with van der Waals surface area (Å²) in [5.41, 5.74) is 6.99. The Kier molecular flexibility index (Phi) is 9.63. The van der Waals surface area contributed by atoms with Crippen LogP contribution in [0.5, 0.6) is 0 Å². The van der Waals surface area contributed by atoms with Crippen molar-refractivity contribution in [3.8, 4) is 0 Å². The standard InChI is InChI=1S/C17H26ClN3O2.ClH/c1-2-4-15(19)17(22)20-12-16(21-7-9-23-10-8-21)13-5-3-6-14(18)11-13;/h3,5-6,11,15-16H,2,4,7-10,12,19H2,1H3,(H,20,22);1H. The highest BCUT2D eigenvalue weighted by molar-refractivity contribution is 6.30. The molecule has 136 valence electrons. The maximum absolute atomic E-state index is 12.1. The van der Waals surface area contributed by atoms with E-state index < -0.39 is 6.04 Å². The first-order valence-electron chi connectivity index (χ1n) is 8.22. The van der Waals surface area contributed by atoms with Gasteiger partial charge < -0.3 is 15.8 Å². The van der Waals surface area contributed by atoms with E-state index in [9.17, 15) is 4.79 Å². The number of carbonyl (C=O) groups is 1. The SMILES string of the molecule is CCCC(N)C(=O)NCC(c1cccc(Cl)c1)N1CCOCC1.Cl. The zero-order chi connectivity index (χ0) is 16.7. The Morgan fingerprint density at radius 2 is 2.12 bits per heavy atom. The zero-order valence-electron chi connectivity index (χ0n) is 14.0. The van der Waals surface area contributed by atoms with Crippen molar-refractivity contribution in [2.24, 2.45) is 5.73 Å². The van der Waals surface area contributed by atoms with Crippen LogP contribution >= 0.6 is 24.0 Å². The second-order valence-corrected chi connectivity index (χ2v) is 6.30. The molecule has 1 fully saturated rings. The summed E-state index contributed by atoms with van der Waals surface area (Å²) < 4.78 is 5.43. The van der Waals surface area contributed by atoms with Gasteiger partial charge in [-0.2, -0.15) is 0 Å². The molecule has 1 aliphatic heterocycles. The van der Waals surface area contributed by atoms with Crippen LogP contribution in [0.2, 0.25) is 5.02 Å². The number of hydrogen-bond acceptors (Lipinski definition) is 4. The number of nitrogens with two attached hydrogens (primary N) is 1. The predicted molar refractivity (Wildman–Crippen MR) is 99.7 cm³/mol. The first-order chi connectivity index (χ1) is 11.1. The van der Waals surface area contributed by atoms with Crippen LogP contribution in [0.1, 0.15) is 31.4 Å². The van der Waals surface area contributed by atoms with Crippen LogP contribution < -0.4 is 11.1 Å². The van der Waals surface area contributed by atoms with Crippen LogP contribution in [0.4, 0.5) is 0 Å². The van der Waals surface area contributed by atoms with E-state index in [1.807, 2.05) is 31.2 Å². The molecule has 2 rings (SSSR count). The van der Waals surface area contributed by atoms with Crippen LogP contribution in [-0.2, 0) is 9.53 Å². The minimum absolute atomic E-state index is 0. The van der Waals surface area contributed by atoms with Gasteiger partial charge in [-0.3, -0.25) is 9.69 Å². The number of benzene rings is 1. The maximum atomic E-state index is 12.1. The lowest BCUT2D eigenvalue weighted by Gasteiger charge is -2.35. The van der Waals surface area contributed by atoms with E-state index in [-0.39, 0.29) is 24.4 Å². The van der Waals surface area contributed by atoms with E-state index in [1.54, 1.807) is 0 Å². The van der Waals surface area contributed by atoms with Crippen molar-refractivity contribution in [3.63, 3.8) is 0 Å². The molecule has 1 saturated heterocycles. The summed E-state index contributed by atoms with van der Waals surface area (Å²) in [5, 5.41) is 3.70. The summed E-state index contributed by atoms with van der Waals surface area (Å²) in [6.45, 7) is 5.65. The van der Waals surface area contributed by atoms with E-state index >= 15 is 0 Å². The molecule has 2 atom stereocenters. The Morgan fingerprint density at radius 1 is 1.42 bits per heavy atom. The van der Waals surface area contributed by atoms with Gasteiger partial charge in [0.05, 0.1) is 25.3 Å². The fourth-order valence-corrected chi connectivity index (χ4v) is 3.03. The number of rotatable bonds is 7.